The highest BCUT2D eigenvalue weighted by atomic mass is 35.5. The summed E-state index contributed by atoms with van der Waals surface area (Å²) in [5.41, 5.74) is 9.37. The average Bonchev–Trinajstić information content (AvgIpc) is 3.18. The molecule has 36 heavy (non-hydrogen) atoms. The maximum absolute atomic E-state index is 13.2. The van der Waals surface area contributed by atoms with E-state index in [1.807, 2.05) is 86.6 Å². The lowest BCUT2D eigenvalue weighted by atomic mass is 10.0. The zero-order valence-corrected chi connectivity index (χ0v) is 21.2. The van der Waals surface area contributed by atoms with Gasteiger partial charge in [-0.3, -0.25) is 4.79 Å². The van der Waals surface area contributed by atoms with E-state index >= 15 is 0 Å². The largest absolute Gasteiger partial charge is 0.318 e. The zero-order valence-electron chi connectivity index (χ0n) is 19.7. The van der Waals surface area contributed by atoms with Gasteiger partial charge < -0.3 is 4.57 Å². The highest BCUT2D eigenvalue weighted by molar-refractivity contribution is 6.42. The number of amides is 1. The first-order valence-corrected chi connectivity index (χ1v) is 12.1. The molecule has 0 aliphatic carbocycles. The van der Waals surface area contributed by atoms with Crippen LogP contribution in [-0.2, 0) is 0 Å². The number of aromatic nitrogens is 2. The maximum Gasteiger partial charge on any atom is 0.272 e. The quantitative estimate of drug-likeness (QED) is 0.197. The SMILES string of the molecule is Cc1cc(/C=N\NC(=O)c2cc(-c3ccccc3)nc3ccccc23)c(C)n1-c1ccc(Cl)c(Cl)c1. The molecule has 5 rings (SSSR count). The van der Waals surface area contributed by atoms with Gasteiger partial charge in [0.2, 0.25) is 0 Å². The van der Waals surface area contributed by atoms with Gasteiger partial charge in [-0.2, -0.15) is 5.10 Å². The molecule has 2 heterocycles. The Morgan fingerprint density at radius 2 is 1.67 bits per heavy atom. The highest BCUT2D eigenvalue weighted by Crippen LogP contribution is 2.28. The summed E-state index contributed by atoms with van der Waals surface area (Å²) >= 11 is 12.3. The van der Waals surface area contributed by atoms with E-state index in [2.05, 4.69) is 15.1 Å². The molecule has 178 valence electrons. The average molecular weight is 513 g/mol. The molecule has 2 aromatic heterocycles. The van der Waals surface area contributed by atoms with Gasteiger partial charge in [0, 0.05) is 33.6 Å². The number of halogens is 2. The van der Waals surface area contributed by atoms with Crippen molar-refractivity contribution < 1.29 is 4.79 Å². The highest BCUT2D eigenvalue weighted by Gasteiger charge is 2.14. The molecular weight excluding hydrogens is 491 g/mol. The van der Waals surface area contributed by atoms with Crippen LogP contribution in [0.25, 0.3) is 27.8 Å². The zero-order chi connectivity index (χ0) is 25.2. The molecule has 1 N–H and O–H groups in total. The lowest BCUT2D eigenvalue weighted by Gasteiger charge is -2.10. The fourth-order valence-electron chi connectivity index (χ4n) is 4.28. The van der Waals surface area contributed by atoms with Gasteiger partial charge in [0.1, 0.15) is 0 Å². The van der Waals surface area contributed by atoms with E-state index < -0.39 is 0 Å². The molecule has 0 bridgehead atoms. The van der Waals surface area contributed by atoms with Crippen molar-refractivity contribution in [2.45, 2.75) is 13.8 Å². The summed E-state index contributed by atoms with van der Waals surface area (Å²) in [6, 6.07) is 26.7. The molecule has 5 nitrogen and oxygen atoms in total. The van der Waals surface area contributed by atoms with E-state index in [-0.39, 0.29) is 5.91 Å². The predicted molar refractivity (Wildman–Crippen MR) is 148 cm³/mol. The number of aryl methyl sites for hydroxylation is 1. The van der Waals surface area contributed by atoms with Crippen molar-refractivity contribution in [2.75, 3.05) is 0 Å². The Kier molecular flexibility index (Phi) is 6.59. The monoisotopic (exact) mass is 512 g/mol. The standard InChI is InChI=1S/C29H22Cl2N4O/c1-18-14-21(19(2)35(18)22-12-13-25(30)26(31)15-22)17-32-34-29(36)24-16-28(20-8-4-3-5-9-20)33-27-11-7-6-10-23(24)27/h3-17H,1-2H3,(H,34,36)/b32-17-. The molecule has 0 spiro atoms. The van der Waals surface area contributed by atoms with Gasteiger partial charge in [-0.25, -0.2) is 10.4 Å². The van der Waals surface area contributed by atoms with Gasteiger partial charge in [0.25, 0.3) is 5.91 Å². The summed E-state index contributed by atoms with van der Waals surface area (Å²) < 4.78 is 2.06. The molecule has 0 radical (unpaired) electrons. The molecule has 0 fully saturated rings. The second-order valence-corrected chi connectivity index (χ2v) is 9.21. The number of pyridine rings is 1. The third-order valence-electron chi connectivity index (χ3n) is 6.03. The molecule has 5 aromatic rings. The minimum atomic E-state index is -0.305. The molecule has 0 unspecified atom stereocenters. The number of rotatable bonds is 5. The molecule has 3 aromatic carbocycles. The van der Waals surface area contributed by atoms with Crippen LogP contribution in [0.15, 0.2) is 90.0 Å². The number of carbonyl (C=O) groups is 1. The molecule has 0 atom stereocenters. The Balaban J connectivity index is 1.43. The lowest BCUT2D eigenvalue weighted by Crippen LogP contribution is -2.18. The minimum absolute atomic E-state index is 0.305. The Bertz CT molecular complexity index is 1620. The van der Waals surface area contributed by atoms with Gasteiger partial charge in [0.15, 0.2) is 0 Å². The second kappa shape index (κ2) is 9.97. The third kappa shape index (κ3) is 4.63. The van der Waals surface area contributed by atoms with Gasteiger partial charge >= 0.3 is 0 Å². The van der Waals surface area contributed by atoms with Gasteiger partial charge in [-0.05, 0) is 50.2 Å². The first kappa shape index (κ1) is 23.8. The van der Waals surface area contributed by atoms with Crippen LogP contribution in [0.3, 0.4) is 0 Å². The molecule has 0 aliphatic heterocycles. The molecular formula is C29H22Cl2N4O. The molecule has 0 saturated heterocycles. The van der Waals surface area contributed by atoms with Crippen LogP contribution < -0.4 is 5.43 Å². The van der Waals surface area contributed by atoms with Crippen LogP contribution in [0, 0.1) is 13.8 Å². The van der Waals surface area contributed by atoms with Crippen molar-refractivity contribution in [2.24, 2.45) is 5.10 Å². The lowest BCUT2D eigenvalue weighted by molar-refractivity contribution is 0.0956. The van der Waals surface area contributed by atoms with Crippen LogP contribution in [0.1, 0.15) is 27.3 Å². The second-order valence-electron chi connectivity index (χ2n) is 8.40. The summed E-state index contributed by atoms with van der Waals surface area (Å²) in [5, 5.41) is 6.02. The summed E-state index contributed by atoms with van der Waals surface area (Å²) in [7, 11) is 0. The van der Waals surface area contributed by atoms with Crippen LogP contribution in [0.2, 0.25) is 10.0 Å². The number of hydrogen-bond acceptors (Lipinski definition) is 3. The van der Waals surface area contributed by atoms with Gasteiger partial charge in [0.05, 0.1) is 33.0 Å². The first-order chi connectivity index (χ1) is 17.4. The van der Waals surface area contributed by atoms with Crippen molar-refractivity contribution in [1.29, 1.82) is 0 Å². The fourth-order valence-corrected chi connectivity index (χ4v) is 4.57. The van der Waals surface area contributed by atoms with E-state index in [1.165, 1.54) is 0 Å². The number of hydrogen-bond donors (Lipinski definition) is 1. The van der Waals surface area contributed by atoms with Crippen LogP contribution in [0.5, 0.6) is 0 Å². The normalized spacial score (nSPS) is 11.3. The van der Waals surface area contributed by atoms with Crippen LogP contribution in [-0.4, -0.2) is 21.7 Å². The summed E-state index contributed by atoms with van der Waals surface area (Å²) in [6.07, 6.45) is 1.65. The molecule has 1 amide bonds. The van der Waals surface area contributed by atoms with Crippen molar-refractivity contribution in [3.63, 3.8) is 0 Å². The summed E-state index contributed by atoms with van der Waals surface area (Å²) in [4.78, 5) is 17.9. The number of hydrazone groups is 1. The van der Waals surface area contributed by atoms with E-state index in [0.29, 0.717) is 15.6 Å². The Morgan fingerprint density at radius 3 is 2.44 bits per heavy atom. The van der Waals surface area contributed by atoms with Crippen molar-refractivity contribution >= 4 is 46.2 Å². The van der Waals surface area contributed by atoms with Crippen LogP contribution >= 0.6 is 23.2 Å². The maximum atomic E-state index is 13.2. The summed E-state index contributed by atoms with van der Waals surface area (Å²) in [5.74, 6) is -0.305. The van der Waals surface area contributed by atoms with Crippen molar-refractivity contribution in [1.82, 2.24) is 15.0 Å². The smallest absolute Gasteiger partial charge is 0.272 e. The Morgan fingerprint density at radius 1 is 0.917 bits per heavy atom. The van der Waals surface area contributed by atoms with E-state index in [1.54, 1.807) is 18.3 Å². The topological polar surface area (TPSA) is 59.3 Å². The minimum Gasteiger partial charge on any atom is -0.318 e. The first-order valence-electron chi connectivity index (χ1n) is 11.4. The Labute approximate surface area is 219 Å². The van der Waals surface area contributed by atoms with E-state index in [9.17, 15) is 4.79 Å². The molecule has 0 saturated carbocycles. The number of nitrogens with one attached hydrogen (secondary N) is 1. The number of benzene rings is 3. The predicted octanol–water partition coefficient (Wildman–Crippen LogP) is 7.38. The van der Waals surface area contributed by atoms with Crippen molar-refractivity contribution in [3.8, 4) is 16.9 Å². The fraction of sp³-hybridized carbons (Fsp3) is 0.0690. The summed E-state index contributed by atoms with van der Waals surface area (Å²) in [6.45, 7) is 3.99. The Hall–Kier alpha value is -3.93. The number of carbonyl (C=O) groups excluding carboxylic acids is 1. The number of para-hydroxylation sites is 1. The number of fused-ring (bicyclic) bond motifs is 1. The van der Waals surface area contributed by atoms with Gasteiger partial charge in [-0.15, -0.1) is 0 Å². The van der Waals surface area contributed by atoms with E-state index in [4.69, 9.17) is 28.2 Å². The molecule has 7 heteroatoms. The van der Waals surface area contributed by atoms with Crippen molar-refractivity contribution in [3.05, 3.63) is 117 Å². The number of nitrogens with zero attached hydrogens (tertiary/aromatic N) is 3. The molecule has 0 aliphatic rings. The van der Waals surface area contributed by atoms with E-state index in [0.717, 1.165) is 44.8 Å². The van der Waals surface area contributed by atoms with Crippen LogP contribution in [0.4, 0.5) is 0 Å². The third-order valence-corrected chi connectivity index (χ3v) is 6.77. The van der Waals surface area contributed by atoms with Gasteiger partial charge in [-0.1, -0.05) is 71.7 Å².